The molecule has 1 aliphatic carbocycles. The molecule has 2 rings (SSSR count). The van der Waals surface area contributed by atoms with E-state index in [0.29, 0.717) is 0 Å². The van der Waals surface area contributed by atoms with Gasteiger partial charge in [-0.1, -0.05) is 30.3 Å². The average Bonchev–Trinajstić information content (AvgIpc) is 2.62. The highest BCUT2D eigenvalue weighted by molar-refractivity contribution is 5.72. The Hall–Kier alpha value is -1.08. The minimum atomic E-state index is 1.13. The molecule has 0 spiro atoms. The standard InChI is InChI=1S/C14H19N/c1-15(2)11-5-7-13-10-9-12-6-3-4-8-14(12)13/h3-4,6,8,10H,5,7,9,11H2,1-2H3. The summed E-state index contributed by atoms with van der Waals surface area (Å²) in [5.41, 5.74) is 4.53. The molecule has 1 heteroatoms. The van der Waals surface area contributed by atoms with Crippen LogP contribution in [0, 0.1) is 0 Å². The van der Waals surface area contributed by atoms with Crippen LogP contribution in [-0.2, 0) is 6.42 Å². The molecule has 0 amide bonds. The first-order valence-corrected chi connectivity index (χ1v) is 5.69. The van der Waals surface area contributed by atoms with Gasteiger partial charge in [-0.05, 0) is 56.6 Å². The molecule has 0 unspecified atom stereocenters. The fourth-order valence-corrected chi connectivity index (χ4v) is 2.18. The second-order valence-electron chi connectivity index (χ2n) is 4.50. The molecule has 80 valence electrons. The lowest BCUT2D eigenvalue weighted by Gasteiger charge is -2.10. The molecule has 0 saturated heterocycles. The van der Waals surface area contributed by atoms with Crippen molar-refractivity contribution in [2.24, 2.45) is 0 Å². The lowest BCUT2D eigenvalue weighted by Crippen LogP contribution is -2.12. The summed E-state index contributed by atoms with van der Waals surface area (Å²) in [6.07, 6.45) is 6.00. The zero-order chi connectivity index (χ0) is 10.7. The predicted octanol–water partition coefficient (Wildman–Crippen LogP) is 2.97. The molecule has 0 saturated carbocycles. The summed E-state index contributed by atoms with van der Waals surface area (Å²) in [6.45, 7) is 1.18. The van der Waals surface area contributed by atoms with Crippen molar-refractivity contribution in [3.63, 3.8) is 0 Å². The zero-order valence-corrected chi connectivity index (χ0v) is 9.66. The van der Waals surface area contributed by atoms with Crippen LogP contribution in [0.25, 0.3) is 5.57 Å². The third-order valence-corrected chi connectivity index (χ3v) is 2.98. The predicted molar refractivity (Wildman–Crippen MR) is 65.9 cm³/mol. The van der Waals surface area contributed by atoms with E-state index in [2.05, 4.69) is 49.3 Å². The van der Waals surface area contributed by atoms with Crippen LogP contribution in [0.4, 0.5) is 0 Å². The fourth-order valence-electron chi connectivity index (χ4n) is 2.18. The van der Waals surface area contributed by atoms with Crippen molar-refractivity contribution >= 4 is 5.57 Å². The molecule has 15 heavy (non-hydrogen) atoms. The maximum absolute atomic E-state index is 2.39. The Morgan fingerprint density at radius 3 is 2.80 bits per heavy atom. The second-order valence-corrected chi connectivity index (χ2v) is 4.50. The van der Waals surface area contributed by atoms with Crippen molar-refractivity contribution in [3.05, 3.63) is 41.5 Å². The van der Waals surface area contributed by atoms with Gasteiger partial charge in [0.2, 0.25) is 0 Å². The summed E-state index contributed by atoms with van der Waals surface area (Å²) < 4.78 is 0. The summed E-state index contributed by atoms with van der Waals surface area (Å²) in [4.78, 5) is 2.25. The van der Waals surface area contributed by atoms with Crippen LogP contribution in [0.3, 0.4) is 0 Å². The fraction of sp³-hybridized carbons (Fsp3) is 0.429. The van der Waals surface area contributed by atoms with Gasteiger partial charge >= 0.3 is 0 Å². The third kappa shape index (κ3) is 2.48. The first-order chi connectivity index (χ1) is 7.27. The highest BCUT2D eigenvalue weighted by atomic mass is 15.0. The van der Waals surface area contributed by atoms with E-state index in [4.69, 9.17) is 0 Å². The molecular formula is C14H19N. The molecular weight excluding hydrogens is 182 g/mol. The number of hydrogen-bond acceptors (Lipinski definition) is 1. The zero-order valence-electron chi connectivity index (χ0n) is 9.66. The van der Waals surface area contributed by atoms with Gasteiger partial charge in [-0.3, -0.25) is 0 Å². The highest BCUT2D eigenvalue weighted by Gasteiger charge is 2.12. The Balaban J connectivity index is 1.95. The van der Waals surface area contributed by atoms with Crippen LogP contribution in [0.15, 0.2) is 30.3 Å². The molecule has 0 atom stereocenters. The quantitative estimate of drug-likeness (QED) is 0.724. The minimum Gasteiger partial charge on any atom is -0.309 e. The molecule has 1 aromatic carbocycles. The van der Waals surface area contributed by atoms with Gasteiger partial charge in [0, 0.05) is 0 Å². The molecule has 1 aliphatic rings. The number of hydrogen-bond donors (Lipinski definition) is 0. The minimum absolute atomic E-state index is 1.13. The first kappa shape index (κ1) is 10.4. The number of rotatable bonds is 4. The number of allylic oxidation sites excluding steroid dienone is 2. The largest absolute Gasteiger partial charge is 0.309 e. The topological polar surface area (TPSA) is 3.24 Å². The second kappa shape index (κ2) is 4.63. The highest BCUT2D eigenvalue weighted by Crippen LogP contribution is 2.30. The van der Waals surface area contributed by atoms with Crippen LogP contribution in [0.5, 0.6) is 0 Å². The Bertz CT molecular complexity index is 363. The Morgan fingerprint density at radius 2 is 2.00 bits per heavy atom. The Labute approximate surface area is 92.4 Å². The molecule has 0 radical (unpaired) electrons. The Kier molecular flexibility index (Phi) is 3.22. The van der Waals surface area contributed by atoms with Crippen molar-refractivity contribution < 1.29 is 0 Å². The molecule has 1 nitrogen and oxygen atoms in total. The van der Waals surface area contributed by atoms with E-state index in [1.807, 2.05) is 0 Å². The van der Waals surface area contributed by atoms with Crippen LogP contribution in [0.2, 0.25) is 0 Å². The molecule has 0 N–H and O–H groups in total. The number of benzene rings is 1. The summed E-state index contributed by atoms with van der Waals surface area (Å²) in [6, 6.07) is 8.77. The lowest BCUT2D eigenvalue weighted by molar-refractivity contribution is 0.403. The molecule has 0 fully saturated rings. The van der Waals surface area contributed by atoms with Crippen LogP contribution >= 0.6 is 0 Å². The average molecular weight is 201 g/mol. The van der Waals surface area contributed by atoms with E-state index < -0.39 is 0 Å². The van der Waals surface area contributed by atoms with Gasteiger partial charge in [0.25, 0.3) is 0 Å². The van der Waals surface area contributed by atoms with E-state index in [-0.39, 0.29) is 0 Å². The van der Waals surface area contributed by atoms with E-state index in [9.17, 15) is 0 Å². The van der Waals surface area contributed by atoms with Gasteiger partial charge in [-0.25, -0.2) is 0 Å². The van der Waals surface area contributed by atoms with Gasteiger partial charge in [0.15, 0.2) is 0 Å². The summed E-state index contributed by atoms with van der Waals surface area (Å²) in [7, 11) is 4.27. The smallest absolute Gasteiger partial charge is 0.00217 e. The maximum Gasteiger partial charge on any atom is -0.00217 e. The maximum atomic E-state index is 2.39. The lowest BCUT2D eigenvalue weighted by atomic mass is 10.0. The third-order valence-electron chi connectivity index (χ3n) is 2.98. The van der Waals surface area contributed by atoms with Crippen molar-refractivity contribution in [3.8, 4) is 0 Å². The summed E-state index contributed by atoms with van der Waals surface area (Å²) in [5.74, 6) is 0. The van der Waals surface area contributed by atoms with Gasteiger partial charge < -0.3 is 4.90 Å². The van der Waals surface area contributed by atoms with Crippen LogP contribution < -0.4 is 0 Å². The monoisotopic (exact) mass is 201 g/mol. The van der Waals surface area contributed by atoms with E-state index in [1.165, 1.54) is 30.5 Å². The SMILES string of the molecule is CN(C)CCCC1=CCc2ccccc21. The number of fused-ring (bicyclic) bond motifs is 1. The molecule has 0 bridgehead atoms. The van der Waals surface area contributed by atoms with Gasteiger partial charge in [0.05, 0.1) is 0 Å². The van der Waals surface area contributed by atoms with Crippen molar-refractivity contribution in [1.82, 2.24) is 4.90 Å². The van der Waals surface area contributed by atoms with Gasteiger partial charge in [-0.2, -0.15) is 0 Å². The van der Waals surface area contributed by atoms with Crippen LogP contribution in [-0.4, -0.2) is 25.5 Å². The van der Waals surface area contributed by atoms with E-state index in [1.54, 1.807) is 5.57 Å². The van der Waals surface area contributed by atoms with Crippen molar-refractivity contribution in [2.75, 3.05) is 20.6 Å². The van der Waals surface area contributed by atoms with Gasteiger partial charge in [-0.15, -0.1) is 0 Å². The van der Waals surface area contributed by atoms with Crippen molar-refractivity contribution in [2.45, 2.75) is 19.3 Å². The van der Waals surface area contributed by atoms with Crippen molar-refractivity contribution in [1.29, 1.82) is 0 Å². The molecule has 0 heterocycles. The van der Waals surface area contributed by atoms with E-state index in [0.717, 1.165) is 6.42 Å². The van der Waals surface area contributed by atoms with Crippen LogP contribution in [0.1, 0.15) is 24.0 Å². The summed E-state index contributed by atoms with van der Waals surface area (Å²) >= 11 is 0. The Morgan fingerprint density at radius 1 is 1.20 bits per heavy atom. The number of nitrogens with zero attached hydrogens (tertiary/aromatic N) is 1. The normalized spacial score (nSPS) is 14.2. The molecule has 0 aromatic heterocycles. The van der Waals surface area contributed by atoms with E-state index >= 15 is 0 Å². The molecule has 0 aliphatic heterocycles. The summed E-state index contributed by atoms with van der Waals surface area (Å²) in [5, 5.41) is 0. The molecule has 1 aromatic rings. The van der Waals surface area contributed by atoms with Gasteiger partial charge in [0.1, 0.15) is 0 Å². The first-order valence-electron chi connectivity index (χ1n) is 5.69.